The van der Waals surface area contributed by atoms with Crippen molar-refractivity contribution in [3.05, 3.63) is 0 Å². The summed E-state index contributed by atoms with van der Waals surface area (Å²) in [6.45, 7) is 10.7. The number of carbonyl (C=O) groups excluding carboxylic acids is 1. The third kappa shape index (κ3) is 4.72. The van der Waals surface area contributed by atoms with E-state index in [4.69, 9.17) is 4.74 Å². The molecule has 0 aromatic rings. The zero-order chi connectivity index (χ0) is 15.6. The number of β-amino-alcohol motifs (C(OH)–C–C–N with tert-alkyl or cyclic N) is 1. The van der Waals surface area contributed by atoms with Crippen LogP contribution in [-0.2, 0) is 9.53 Å². The molecule has 1 aliphatic rings. The number of aliphatic hydroxyl groups is 2. The van der Waals surface area contributed by atoms with Crippen molar-refractivity contribution in [3.8, 4) is 0 Å². The number of hydrogen-bond acceptors (Lipinski definition) is 4. The monoisotopic (exact) mass is 287 g/mol. The van der Waals surface area contributed by atoms with Gasteiger partial charge in [0.2, 0.25) is 0 Å². The first-order valence-corrected chi connectivity index (χ1v) is 7.36. The lowest BCUT2D eigenvalue weighted by molar-refractivity contribution is -0.154. The number of carbonyl (C=O) groups is 1. The Hall–Kier alpha value is -0.650. The van der Waals surface area contributed by atoms with Gasteiger partial charge in [-0.05, 0) is 32.1 Å². The first-order valence-electron chi connectivity index (χ1n) is 7.36. The van der Waals surface area contributed by atoms with Crippen molar-refractivity contribution in [2.24, 2.45) is 5.41 Å². The van der Waals surface area contributed by atoms with Crippen LogP contribution < -0.4 is 0 Å². The third-order valence-corrected chi connectivity index (χ3v) is 3.50. The largest absolute Gasteiger partial charge is 0.391 e. The summed E-state index contributed by atoms with van der Waals surface area (Å²) in [4.78, 5) is 14.1. The van der Waals surface area contributed by atoms with Crippen molar-refractivity contribution >= 4 is 5.91 Å². The molecule has 5 nitrogen and oxygen atoms in total. The van der Waals surface area contributed by atoms with Gasteiger partial charge in [0, 0.05) is 13.2 Å². The van der Waals surface area contributed by atoms with Gasteiger partial charge >= 0.3 is 0 Å². The Morgan fingerprint density at radius 2 is 1.95 bits per heavy atom. The molecule has 1 aliphatic heterocycles. The molecule has 1 rings (SSSR count). The minimum atomic E-state index is -1.41. The quantitative estimate of drug-likeness (QED) is 0.796. The molecule has 5 heteroatoms. The van der Waals surface area contributed by atoms with Crippen molar-refractivity contribution in [2.75, 3.05) is 19.8 Å². The van der Waals surface area contributed by atoms with Gasteiger partial charge in [-0.2, -0.15) is 0 Å². The second-order valence-electron chi connectivity index (χ2n) is 7.17. The standard InChI is InChI=1S/C15H29NO4/c1-6-20-9-11-7-12(17)8-16(11)13(18)15(5,19)10-14(2,3)4/h11-12,17,19H,6-10H2,1-5H3. The predicted octanol–water partition coefficient (Wildman–Crippen LogP) is 1.17. The lowest BCUT2D eigenvalue weighted by Gasteiger charge is -2.35. The molecule has 20 heavy (non-hydrogen) atoms. The molecule has 3 atom stereocenters. The van der Waals surface area contributed by atoms with Gasteiger partial charge in [-0.25, -0.2) is 0 Å². The van der Waals surface area contributed by atoms with E-state index in [1.807, 2.05) is 27.7 Å². The summed E-state index contributed by atoms with van der Waals surface area (Å²) in [6, 6.07) is -0.149. The van der Waals surface area contributed by atoms with Crippen LogP contribution in [0.25, 0.3) is 0 Å². The van der Waals surface area contributed by atoms with Crippen LogP contribution in [0, 0.1) is 5.41 Å². The Morgan fingerprint density at radius 3 is 2.45 bits per heavy atom. The third-order valence-electron chi connectivity index (χ3n) is 3.50. The minimum absolute atomic E-state index is 0.146. The molecule has 0 aromatic carbocycles. The summed E-state index contributed by atoms with van der Waals surface area (Å²) in [7, 11) is 0. The molecule has 0 aliphatic carbocycles. The molecule has 1 heterocycles. The molecule has 3 unspecified atom stereocenters. The summed E-state index contributed by atoms with van der Waals surface area (Å²) in [6.07, 6.45) is 0.360. The molecule has 1 fully saturated rings. The number of ether oxygens (including phenoxy) is 1. The van der Waals surface area contributed by atoms with Crippen LogP contribution >= 0.6 is 0 Å². The summed E-state index contributed by atoms with van der Waals surface area (Å²) in [5.41, 5.74) is -1.56. The Balaban J connectivity index is 2.77. The van der Waals surface area contributed by atoms with Crippen molar-refractivity contribution in [1.82, 2.24) is 4.90 Å². The zero-order valence-corrected chi connectivity index (χ0v) is 13.3. The summed E-state index contributed by atoms with van der Waals surface area (Å²) >= 11 is 0. The van der Waals surface area contributed by atoms with Crippen LogP contribution in [-0.4, -0.2) is 58.5 Å². The van der Waals surface area contributed by atoms with Gasteiger partial charge in [0.1, 0.15) is 5.60 Å². The van der Waals surface area contributed by atoms with Crippen molar-refractivity contribution < 1.29 is 19.7 Å². The average Bonchev–Trinajstić information content (AvgIpc) is 2.63. The van der Waals surface area contributed by atoms with Gasteiger partial charge in [0.05, 0.1) is 18.8 Å². The highest BCUT2D eigenvalue weighted by Crippen LogP contribution is 2.31. The van der Waals surface area contributed by atoms with Crippen LogP contribution in [0.5, 0.6) is 0 Å². The number of hydrogen-bond donors (Lipinski definition) is 2. The number of aliphatic hydroxyl groups excluding tert-OH is 1. The molecular weight excluding hydrogens is 258 g/mol. The van der Waals surface area contributed by atoms with Gasteiger partial charge in [-0.15, -0.1) is 0 Å². The zero-order valence-electron chi connectivity index (χ0n) is 13.3. The van der Waals surface area contributed by atoms with Crippen LogP contribution in [0.4, 0.5) is 0 Å². The highest BCUT2D eigenvalue weighted by atomic mass is 16.5. The highest BCUT2D eigenvalue weighted by Gasteiger charge is 2.43. The fraction of sp³-hybridized carbons (Fsp3) is 0.933. The Kier molecular flexibility index (Phi) is 5.58. The van der Waals surface area contributed by atoms with E-state index in [2.05, 4.69) is 0 Å². The number of rotatable bonds is 5. The second-order valence-corrected chi connectivity index (χ2v) is 7.17. The molecule has 1 amide bonds. The fourth-order valence-electron chi connectivity index (χ4n) is 2.97. The molecular formula is C15H29NO4. The van der Waals surface area contributed by atoms with Gasteiger partial charge < -0.3 is 19.8 Å². The topological polar surface area (TPSA) is 70.0 Å². The van der Waals surface area contributed by atoms with Crippen molar-refractivity contribution in [2.45, 2.75) is 65.2 Å². The maximum absolute atomic E-state index is 12.6. The molecule has 1 saturated heterocycles. The van der Waals surface area contributed by atoms with Crippen LogP contribution in [0.2, 0.25) is 0 Å². The minimum Gasteiger partial charge on any atom is -0.391 e. The van der Waals surface area contributed by atoms with Crippen molar-refractivity contribution in [1.29, 1.82) is 0 Å². The molecule has 2 N–H and O–H groups in total. The maximum Gasteiger partial charge on any atom is 0.254 e. The average molecular weight is 287 g/mol. The summed E-state index contributed by atoms with van der Waals surface area (Å²) < 4.78 is 5.37. The van der Waals surface area contributed by atoms with Crippen molar-refractivity contribution in [3.63, 3.8) is 0 Å². The first-order chi connectivity index (χ1) is 9.07. The van der Waals surface area contributed by atoms with E-state index in [9.17, 15) is 15.0 Å². The lowest BCUT2D eigenvalue weighted by atomic mass is 9.82. The predicted molar refractivity (Wildman–Crippen MR) is 77.3 cm³/mol. The fourth-order valence-corrected chi connectivity index (χ4v) is 2.97. The normalized spacial score (nSPS) is 26.6. The molecule has 0 radical (unpaired) electrons. The van der Waals surface area contributed by atoms with Gasteiger partial charge in [-0.1, -0.05) is 20.8 Å². The molecule has 0 saturated carbocycles. The van der Waals surface area contributed by atoms with E-state index in [0.717, 1.165) is 0 Å². The van der Waals surface area contributed by atoms with Gasteiger partial charge in [0.15, 0.2) is 0 Å². The van der Waals surface area contributed by atoms with E-state index in [1.165, 1.54) is 0 Å². The van der Waals surface area contributed by atoms with E-state index in [-0.39, 0.29) is 23.9 Å². The first kappa shape index (κ1) is 17.4. The summed E-state index contributed by atoms with van der Waals surface area (Å²) in [5, 5.41) is 20.3. The van der Waals surface area contributed by atoms with Gasteiger partial charge in [-0.3, -0.25) is 4.79 Å². The smallest absolute Gasteiger partial charge is 0.254 e. The maximum atomic E-state index is 12.6. The van der Waals surface area contributed by atoms with E-state index in [0.29, 0.717) is 26.1 Å². The molecule has 0 spiro atoms. The Labute approximate surface area is 121 Å². The van der Waals surface area contributed by atoms with Crippen LogP contribution in [0.1, 0.15) is 47.5 Å². The van der Waals surface area contributed by atoms with E-state index in [1.54, 1.807) is 11.8 Å². The van der Waals surface area contributed by atoms with Crippen LogP contribution in [0.15, 0.2) is 0 Å². The highest BCUT2D eigenvalue weighted by molar-refractivity contribution is 5.85. The molecule has 118 valence electrons. The Bertz CT molecular complexity index is 335. The number of likely N-dealkylation sites (tertiary alicyclic amines) is 1. The van der Waals surface area contributed by atoms with E-state index < -0.39 is 11.7 Å². The second kappa shape index (κ2) is 6.41. The van der Waals surface area contributed by atoms with E-state index >= 15 is 0 Å². The van der Waals surface area contributed by atoms with Crippen LogP contribution in [0.3, 0.4) is 0 Å². The Morgan fingerprint density at radius 1 is 1.35 bits per heavy atom. The van der Waals surface area contributed by atoms with Gasteiger partial charge in [0.25, 0.3) is 5.91 Å². The molecule has 0 aromatic heterocycles. The summed E-state index contributed by atoms with van der Waals surface area (Å²) in [5.74, 6) is -0.311. The molecule has 0 bridgehead atoms. The SMILES string of the molecule is CCOCC1CC(O)CN1C(=O)C(C)(O)CC(C)(C)C. The number of amides is 1. The lowest BCUT2D eigenvalue weighted by Crippen LogP contribution is -2.51. The number of nitrogens with zero attached hydrogens (tertiary/aromatic N) is 1.